The van der Waals surface area contributed by atoms with E-state index >= 15 is 4.39 Å². The third-order valence-electron chi connectivity index (χ3n) is 10.4. The van der Waals surface area contributed by atoms with Crippen LogP contribution in [-0.4, -0.2) is 67.2 Å². The Labute approximate surface area is 273 Å². The summed E-state index contributed by atoms with van der Waals surface area (Å²) in [5, 5.41) is 4.84. The van der Waals surface area contributed by atoms with Crippen LogP contribution in [0.25, 0.3) is 0 Å². The number of ether oxygens (including phenoxy) is 1. The summed E-state index contributed by atoms with van der Waals surface area (Å²) < 4.78 is 52.3. The molecule has 12 heteroatoms. The molecule has 6 rings (SSSR count). The van der Waals surface area contributed by atoms with Crippen LogP contribution in [0.3, 0.4) is 0 Å². The average Bonchev–Trinajstić information content (AvgIpc) is 3.58. The van der Waals surface area contributed by atoms with Gasteiger partial charge in [0.25, 0.3) is 0 Å². The van der Waals surface area contributed by atoms with Crippen LogP contribution < -0.4 is 0 Å². The van der Waals surface area contributed by atoms with Gasteiger partial charge in [-0.2, -0.15) is 5.10 Å². The quantitative estimate of drug-likeness (QED) is 0.304. The molecule has 0 N–H and O–H groups in total. The van der Waals surface area contributed by atoms with E-state index in [1.807, 2.05) is 24.9 Å². The summed E-state index contributed by atoms with van der Waals surface area (Å²) in [6, 6.07) is 4.18. The van der Waals surface area contributed by atoms with Gasteiger partial charge < -0.3 is 9.64 Å². The number of carbonyl (C=O) groups is 1. The number of amides is 1. The van der Waals surface area contributed by atoms with E-state index in [2.05, 4.69) is 49.6 Å². The van der Waals surface area contributed by atoms with Gasteiger partial charge in [-0.15, -0.1) is 0 Å². The summed E-state index contributed by atoms with van der Waals surface area (Å²) in [4.78, 5) is 27.7. The Morgan fingerprint density at radius 3 is 2.37 bits per heavy atom. The first kappa shape index (κ1) is 32.9. The van der Waals surface area contributed by atoms with Crippen molar-refractivity contribution in [2.24, 2.45) is 13.0 Å². The lowest BCUT2D eigenvalue weighted by molar-refractivity contribution is -0.153. The molecule has 5 heterocycles. The van der Waals surface area contributed by atoms with Gasteiger partial charge in [-0.1, -0.05) is 17.7 Å². The van der Waals surface area contributed by atoms with Crippen LogP contribution >= 0.6 is 11.6 Å². The van der Waals surface area contributed by atoms with Gasteiger partial charge in [-0.3, -0.25) is 19.4 Å². The predicted molar refractivity (Wildman–Crippen MR) is 168 cm³/mol. The number of halogens is 4. The highest BCUT2D eigenvalue weighted by Crippen LogP contribution is 2.55. The molecule has 0 saturated carbocycles. The SMILES string of the molecule is Cc1nc2c(cc1Cl)[C@@H](C(C)(C)c1ncnn1C)OC21CCN(C(=O)[C@@H]2CCN(C(C)(C)C)C[C@H]2c2ccc(F)c(F)c2F)CC1. The highest BCUT2D eigenvalue weighted by Gasteiger charge is 2.54. The van der Waals surface area contributed by atoms with Gasteiger partial charge >= 0.3 is 0 Å². The van der Waals surface area contributed by atoms with Crippen molar-refractivity contribution in [3.63, 3.8) is 0 Å². The lowest BCUT2D eigenvalue weighted by atomic mass is 9.77. The van der Waals surface area contributed by atoms with Gasteiger partial charge in [0, 0.05) is 49.6 Å². The average molecular weight is 659 g/mol. The van der Waals surface area contributed by atoms with Crippen molar-refractivity contribution in [3.05, 3.63) is 75.3 Å². The van der Waals surface area contributed by atoms with Crippen LogP contribution in [0.4, 0.5) is 13.2 Å². The summed E-state index contributed by atoms with van der Waals surface area (Å²) in [5.74, 6) is -4.51. The third kappa shape index (κ3) is 5.42. The Morgan fingerprint density at radius 2 is 1.74 bits per heavy atom. The maximum absolute atomic E-state index is 15.2. The number of aryl methyl sites for hydroxylation is 2. The Bertz CT molecular complexity index is 1660. The molecule has 0 unspecified atom stereocenters. The van der Waals surface area contributed by atoms with E-state index in [1.54, 1.807) is 4.68 Å². The Balaban J connectivity index is 1.28. The van der Waals surface area contributed by atoms with Gasteiger partial charge in [0.05, 0.1) is 27.9 Å². The molecule has 2 saturated heterocycles. The number of fused-ring (bicyclic) bond motifs is 2. The minimum absolute atomic E-state index is 0.0399. The molecule has 3 aliphatic rings. The van der Waals surface area contributed by atoms with Crippen molar-refractivity contribution in [1.29, 1.82) is 0 Å². The standard InChI is InChI=1S/C34H42ClF3N6O2/c1-19-24(35)16-22-28(41-19)34(46-29(22)33(5,6)31-39-18-40-42(31)7)11-14-43(15-12-34)30(45)21-10-13-44(32(2,3)4)17-23(21)20-8-9-25(36)27(38)26(20)37/h8-9,16,18,21,23,29H,10-15,17H2,1-7H3/t21-,23+,29+/m1/s1. The maximum Gasteiger partial charge on any atom is 0.226 e. The van der Waals surface area contributed by atoms with Crippen LogP contribution in [0.1, 0.15) is 94.2 Å². The second kappa shape index (κ2) is 11.6. The van der Waals surface area contributed by atoms with E-state index in [4.69, 9.17) is 21.3 Å². The van der Waals surface area contributed by atoms with E-state index in [0.29, 0.717) is 56.2 Å². The molecule has 2 fully saturated rings. The lowest BCUT2D eigenvalue weighted by Crippen LogP contribution is -2.54. The van der Waals surface area contributed by atoms with Crippen LogP contribution in [0.5, 0.6) is 0 Å². The molecular formula is C34H42ClF3N6O2. The van der Waals surface area contributed by atoms with E-state index < -0.39 is 46.4 Å². The second-order valence-electron chi connectivity index (χ2n) is 14.6. The minimum atomic E-state index is -1.50. The Kier molecular flexibility index (Phi) is 8.29. The van der Waals surface area contributed by atoms with Crippen molar-refractivity contribution >= 4 is 17.5 Å². The number of piperidine rings is 2. The number of hydrogen-bond acceptors (Lipinski definition) is 6. The molecule has 1 amide bonds. The van der Waals surface area contributed by atoms with Crippen LogP contribution in [0.2, 0.25) is 5.02 Å². The molecule has 0 radical (unpaired) electrons. The molecule has 3 aliphatic heterocycles. The molecule has 2 aromatic heterocycles. The highest BCUT2D eigenvalue weighted by atomic mass is 35.5. The lowest BCUT2D eigenvalue weighted by Gasteiger charge is -2.47. The number of carbonyl (C=O) groups excluding carboxylic acids is 1. The normalized spacial score (nSPS) is 23.6. The van der Waals surface area contributed by atoms with E-state index in [-0.39, 0.29) is 17.0 Å². The number of rotatable bonds is 4. The topological polar surface area (TPSA) is 76.4 Å². The summed E-state index contributed by atoms with van der Waals surface area (Å²) in [6.07, 6.45) is 2.62. The van der Waals surface area contributed by atoms with Crippen molar-refractivity contribution < 1.29 is 22.7 Å². The molecule has 3 atom stereocenters. The van der Waals surface area contributed by atoms with Crippen molar-refractivity contribution in [2.75, 3.05) is 26.2 Å². The van der Waals surface area contributed by atoms with Crippen LogP contribution in [0.15, 0.2) is 24.5 Å². The number of nitrogens with zero attached hydrogens (tertiary/aromatic N) is 6. The molecule has 1 aromatic carbocycles. The first-order valence-electron chi connectivity index (χ1n) is 15.9. The van der Waals surface area contributed by atoms with Crippen molar-refractivity contribution in [1.82, 2.24) is 29.5 Å². The zero-order valence-corrected chi connectivity index (χ0v) is 28.3. The first-order chi connectivity index (χ1) is 21.5. The molecule has 0 bridgehead atoms. The number of hydrogen-bond donors (Lipinski definition) is 0. The molecular weight excluding hydrogens is 617 g/mol. The Hall–Kier alpha value is -3.02. The fourth-order valence-corrected chi connectivity index (χ4v) is 7.87. The molecule has 3 aromatic rings. The Morgan fingerprint density at radius 1 is 1.04 bits per heavy atom. The number of aromatic nitrogens is 4. The van der Waals surface area contributed by atoms with Crippen LogP contribution in [-0.2, 0) is 27.6 Å². The van der Waals surface area contributed by atoms with E-state index in [1.165, 1.54) is 12.4 Å². The maximum atomic E-state index is 15.2. The molecule has 1 spiro atoms. The summed E-state index contributed by atoms with van der Waals surface area (Å²) >= 11 is 6.60. The molecule has 46 heavy (non-hydrogen) atoms. The number of benzene rings is 1. The van der Waals surface area contributed by atoms with Gasteiger partial charge in [-0.25, -0.2) is 18.2 Å². The van der Waals surface area contributed by atoms with Gasteiger partial charge in [0.2, 0.25) is 5.91 Å². The predicted octanol–water partition coefficient (Wildman–Crippen LogP) is 6.36. The fraction of sp³-hybridized carbons (Fsp3) is 0.588. The zero-order chi connectivity index (χ0) is 33.3. The molecule has 0 aliphatic carbocycles. The van der Waals surface area contributed by atoms with Gasteiger partial charge in [0.1, 0.15) is 17.8 Å². The van der Waals surface area contributed by atoms with Crippen LogP contribution in [0, 0.1) is 30.3 Å². The summed E-state index contributed by atoms with van der Waals surface area (Å²) in [6.45, 7) is 14.0. The van der Waals surface area contributed by atoms with Crippen molar-refractivity contribution in [3.8, 4) is 0 Å². The zero-order valence-electron chi connectivity index (χ0n) is 27.5. The van der Waals surface area contributed by atoms with Gasteiger partial charge in [-0.05, 0) is 85.0 Å². The smallest absolute Gasteiger partial charge is 0.226 e. The van der Waals surface area contributed by atoms with E-state index in [9.17, 15) is 13.6 Å². The number of likely N-dealkylation sites (tertiary alicyclic amines) is 2. The molecule has 248 valence electrons. The molecule has 8 nitrogen and oxygen atoms in total. The second-order valence-corrected chi connectivity index (χ2v) is 15.0. The monoisotopic (exact) mass is 658 g/mol. The first-order valence-corrected chi connectivity index (χ1v) is 16.3. The number of pyridine rings is 1. The fourth-order valence-electron chi connectivity index (χ4n) is 7.71. The van der Waals surface area contributed by atoms with Crippen molar-refractivity contribution in [2.45, 2.75) is 89.4 Å². The third-order valence-corrected chi connectivity index (χ3v) is 10.8. The summed E-state index contributed by atoms with van der Waals surface area (Å²) in [5.41, 5.74) is 0.950. The highest BCUT2D eigenvalue weighted by molar-refractivity contribution is 6.31. The van der Waals surface area contributed by atoms with E-state index in [0.717, 1.165) is 23.1 Å². The van der Waals surface area contributed by atoms with Gasteiger partial charge in [0.15, 0.2) is 17.5 Å². The minimum Gasteiger partial charge on any atom is -0.359 e. The largest absolute Gasteiger partial charge is 0.359 e. The summed E-state index contributed by atoms with van der Waals surface area (Å²) in [7, 11) is 1.85.